The maximum Gasteiger partial charge on any atom is 0.313 e. The number of esters is 2. The van der Waals surface area contributed by atoms with Crippen molar-refractivity contribution >= 4 is 24.3 Å². The average molecular weight is 434 g/mol. The molecule has 6 heteroatoms. The molecule has 0 atom stereocenters. The van der Waals surface area contributed by atoms with Crippen LogP contribution in [0.15, 0.2) is 48.5 Å². The molecular formula is C24H32ClNO4. The SMILES string of the molecule is CC(C)C(=O)Oc1ccc(CCN(C)Cc2ccccc2)cc1OC(=O)C(C)C.Cl. The number of nitrogens with zero attached hydrogens (tertiary/aromatic N) is 1. The highest BCUT2D eigenvalue weighted by Gasteiger charge is 2.18. The zero-order valence-electron chi connectivity index (χ0n) is 18.4. The molecule has 30 heavy (non-hydrogen) atoms. The highest BCUT2D eigenvalue weighted by atomic mass is 35.5. The molecule has 0 amide bonds. The second-order valence-electron chi connectivity index (χ2n) is 7.91. The van der Waals surface area contributed by atoms with Crippen molar-refractivity contribution in [3.05, 3.63) is 59.7 Å². The fourth-order valence-corrected chi connectivity index (χ4v) is 2.62. The molecule has 0 saturated heterocycles. The molecule has 5 nitrogen and oxygen atoms in total. The van der Waals surface area contributed by atoms with E-state index in [4.69, 9.17) is 9.47 Å². The predicted molar refractivity (Wildman–Crippen MR) is 121 cm³/mol. The van der Waals surface area contributed by atoms with E-state index in [1.807, 2.05) is 24.3 Å². The Morgan fingerprint density at radius 1 is 0.833 bits per heavy atom. The normalized spacial score (nSPS) is 10.8. The first-order valence-corrected chi connectivity index (χ1v) is 10.0. The fraction of sp³-hybridized carbons (Fsp3) is 0.417. The van der Waals surface area contributed by atoms with Crippen LogP contribution in [0.4, 0.5) is 0 Å². The summed E-state index contributed by atoms with van der Waals surface area (Å²) in [5, 5.41) is 0. The van der Waals surface area contributed by atoms with Gasteiger partial charge in [0.15, 0.2) is 11.5 Å². The number of likely N-dealkylation sites (N-methyl/N-ethyl adjacent to an activating group) is 1. The smallest absolute Gasteiger partial charge is 0.313 e. The molecule has 0 radical (unpaired) electrons. The molecule has 0 bridgehead atoms. The van der Waals surface area contributed by atoms with Crippen molar-refractivity contribution in [1.29, 1.82) is 0 Å². The van der Waals surface area contributed by atoms with Crippen LogP contribution in [-0.4, -0.2) is 30.4 Å². The quantitative estimate of drug-likeness (QED) is 0.415. The van der Waals surface area contributed by atoms with Gasteiger partial charge in [0.05, 0.1) is 11.8 Å². The molecule has 0 fully saturated rings. The Labute approximate surface area is 185 Å². The molecule has 2 aromatic carbocycles. The number of benzene rings is 2. The van der Waals surface area contributed by atoms with Crippen molar-refractivity contribution < 1.29 is 19.1 Å². The lowest BCUT2D eigenvalue weighted by atomic mass is 10.1. The topological polar surface area (TPSA) is 55.8 Å². The summed E-state index contributed by atoms with van der Waals surface area (Å²) >= 11 is 0. The van der Waals surface area contributed by atoms with Gasteiger partial charge < -0.3 is 14.4 Å². The minimum atomic E-state index is -0.359. The molecule has 0 aliphatic rings. The third-order valence-corrected chi connectivity index (χ3v) is 4.45. The largest absolute Gasteiger partial charge is 0.422 e. The summed E-state index contributed by atoms with van der Waals surface area (Å²) in [5.74, 6) is -0.688. The van der Waals surface area contributed by atoms with Crippen molar-refractivity contribution in [3.8, 4) is 11.5 Å². The highest BCUT2D eigenvalue weighted by Crippen LogP contribution is 2.30. The van der Waals surface area contributed by atoms with Gasteiger partial charge in [0, 0.05) is 13.1 Å². The van der Waals surface area contributed by atoms with Gasteiger partial charge in [-0.2, -0.15) is 0 Å². The molecule has 0 aromatic heterocycles. The number of carbonyl (C=O) groups excluding carboxylic acids is 2. The van der Waals surface area contributed by atoms with Crippen LogP contribution in [0.25, 0.3) is 0 Å². The second-order valence-corrected chi connectivity index (χ2v) is 7.91. The Hall–Kier alpha value is -2.37. The standard InChI is InChI=1S/C24H31NO4.ClH/c1-17(2)23(26)28-21-12-11-19(15-22(21)29-24(27)18(3)4)13-14-25(5)16-20-9-7-6-8-10-20;/h6-12,15,17-18H,13-14,16H2,1-5H3;1H. The van der Waals surface area contributed by atoms with Crippen molar-refractivity contribution in [2.45, 2.75) is 40.7 Å². The first-order chi connectivity index (χ1) is 13.8. The first-order valence-electron chi connectivity index (χ1n) is 10.0. The fourth-order valence-electron chi connectivity index (χ4n) is 2.62. The molecular weight excluding hydrogens is 402 g/mol. The van der Waals surface area contributed by atoms with Crippen molar-refractivity contribution in [2.75, 3.05) is 13.6 Å². The summed E-state index contributed by atoms with van der Waals surface area (Å²) in [6.45, 7) is 8.77. The zero-order chi connectivity index (χ0) is 21.4. The van der Waals surface area contributed by atoms with Gasteiger partial charge in [-0.15, -0.1) is 12.4 Å². The van der Waals surface area contributed by atoms with Gasteiger partial charge in [-0.05, 0) is 36.7 Å². The third-order valence-electron chi connectivity index (χ3n) is 4.45. The van der Waals surface area contributed by atoms with Gasteiger partial charge >= 0.3 is 11.9 Å². The van der Waals surface area contributed by atoms with E-state index < -0.39 is 0 Å². The van der Waals surface area contributed by atoms with E-state index in [0.29, 0.717) is 5.75 Å². The predicted octanol–water partition coefficient (Wildman–Crippen LogP) is 4.91. The highest BCUT2D eigenvalue weighted by molar-refractivity contribution is 5.85. The van der Waals surface area contributed by atoms with Crippen LogP contribution in [0.1, 0.15) is 38.8 Å². The molecule has 0 aliphatic heterocycles. The van der Waals surface area contributed by atoms with Gasteiger partial charge in [0.25, 0.3) is 0 Å². The van der Waals surface area contributed by atoms with Gasteiger partial charge in [0.1, 0.15) is 0 Å². The van der Waals surface area contributed by atoms with Crippen LogP contribution in [0.5, 0.6) is 11.5 Å². The molecule has 0 spiro atoms. The maximum atomic E-state index is 12.1. The third kappa shape index (κ3) is 8.17. The molecule has 2 aromatic rings. The van der Waals surface area contributed by atoms with E-state index in [1.54, 1.807) is 39.8 Å². The number of rotatable bonds is 9. The number of carbonyl (C=O) groups is 2. The molecule has 164 valence electrons. The Morgan fingerprint density at radius 2 is 1.40 bits per heavy atom. The molecule has 0 saturated carbocycles. The van der Waals surface area contributed by atoms with Gasteiger partial charge in [0.2, 0.25) is 0 Å². The van der Waals surface area contributed by atoms with Crippen LogP contribution < -0.4 is 9.47 Å². The Morgan fingerprint density at radius 3 is 1.97 bits per heavy atom. The van der Waals surface area contributed by atoms with E-state index in [0.717, 1.165) is 25.1 Å². The first kappa shape index (κ1) is 25.7. The Bertz CT molecular complexity index is 821. The van der Waals surface area contributed by atoms with Gasteiger partial charge in [-0.25, -0.2) is 0 Å². The van der Waals surface area contributed by atoms with E-state index >= 15 is 0 Å². The van der Waals surface area contributed by atoms with Crippen LogP contribution in [0.2, 0.25) is 0 Å². The molecule has 0 heterocycles. The second kappa shape index (κ2) is 12.4. The number of hydrogen-bond donors (Lipinski definition) is 0. The summed E-state index contributed by atoms with van der Waals surface area (Å²) < 4.78 is 10.9. The maximum absolute atomic E-state index is 12.1. The van der Waals surface area contributed by atoms with Crippen LogP contribution >= 0.6 is 12.4 Å². The summed E-state index contributed by atoms with van der Waals surface area (Å²) in [7, 11) is 2.07. The van der Waals surface area contributed by atoms with Crippen LogP contribution in [0.3, 0.4) is 0 Å². The van der Waals surface area contributed by atoms with Crippen molar-refractivity contribution in [1.82, 2.24) is 4.90 Å². The zero-order valence-corrected chi connectivity index (χ0v) is 19.2. The molecule has 0 N–H and O–H groups in total. The lowest BCUT2D eigenvalue weighted by molar-refractivity contribution is -0.140. The minimum Gasteiger partial charge on any atom is -0.422 e. The lowest BCUT2D eigenvalue weighted by Gasteiger charge is -2.18. The number of halogens is 1. The summed E-state index contributed by atoms with van der Waals surface area (Å²) in [4.78, 5) is 26.3. The lowest BCUT2D eigenvalue weighted by Crippen LogP contribution is -2.21. The van der Waals surface area contributed by atoms with Gasteiger partial charge in [-0.3, -0.25) is 9.59 Å². The van der Waals surface area contributed by atoms with Crippen LogP contribution in [0, 0.1) is 11.8 Å². The van der Waals surface area contributed by atoms with Crippen molar-refractivity contribution in [3.63, 3.8) is 0 Å². The van der Waals surface area contributed by atoms with E-state index in [-0.39, 0.29) is 41.9 Å². The molecule has 2 rings (SSSR count). The molecule has 0 aliphatic carbocycles. The minimum absolute atomic E-state index is 0. The van der Waals surface area contributed by atoms with E-state index in [1.165, 1.54) is 5.56 Å². The molecule has 0 unspecified atom stereocenters. The Balaban J connectivity index is 0.00000450. The van der Waals surface area contributed by atoms with Crippen LogP contribution in [-0.2, 0) is 22.6 Å². The van der Waals surface area contributed by atoms with Gasteiger partial charge in [-0.1, -0.05) is 64.1 Å². The number of hydrogen-bond acceptors (Lipinski definition) is 5. The number of ether oxygens (including phenoxy) is 2. The van der Waals surface area contributed by atoms with E-state index in [2.05, 4.69) is 24.1 Å². The monoisotopic (exact) mass is 433 g/mol. The Kier molecular flexibility index (Phi) is 10.6. The van der Waals surface area contributed by atoms with E-state index in [9.17, 15) is 9.59 Å². The summed E-state index contributed by atoms with van der Waals surface area (Å²) in [5.41, 5.74) is 2.28. The summed E-state index contributed by atoms with van der Waals surface area (Å²) in [6, 6.07) is 15.7. The van der Waals surface area contributed by atoms with Crippen molar-refractivity contribution in [2.24, 2.45) is 11.8 Å². The average Bonchev–Trinajstić information content (AvgIpc) is 2.68. The summed E-state index contributed by atoms with van der Waals surface area (Å²) in [6.07, 6.45) is 0.786.